The molecular formula is C19H26ClN3O. The lowest BCUT2D eigenvalue weighted by molar-refractivity contribution is 0.0947. The van der Waals surface area contributed by atoms with Crippen LogP contribution in [0.1, 0.15) is 35.8 Å². The molecule has 1 atom stereocenters. The zero-order valence-electron chi connectivity index (χ0n) is 14.1. The molecule has 0 spiro atoms. The van der Waals surface area contributed by atoms with E-state index in [9.17, 15) is 4.79 Å². The minimum atomic E-state index is -0.112. The summed E-state index contributed by atoms with van der Waals surface area (Å²) >= 11 is 0. The van der Waals surface area contributed by atoms with Gasteiger partial charge in [-0.2, -0.15) is 0 Å². The molecule has 130 valence electrons. The molecule has 0 aliphatic carbocycles. The Morgan fingerprint density at radius 3 is 2.50 bits per heavy atom. The van der Waals surface area contributed by atoms with E-state index in [4.69, 9.17) is 0 Å². The minimum Gasteiger partial charge on any atom is -0.351 e. The Hall–Kier alpha value is -1.91. The summed E-state index contributed by atoms with van der Waals surface area (Å²) < 4.78 is 0. The Kier molecular flexibility index (Phi) is 9.73. The summed E-state index contributed by atoms with van der Waals surface area (Å²) in [5.74, 6) is -0.112. The van der Waals surface area contributed by atoms with Crippen LogP contribution in [0.5, 0.6) is 0 Å². The molecule has 2 rings (SSSR count). The van der Waals surface area contributed by atoms with Crippen LogP contribution in [-0.4, -0.2) is 30.0 Å². The molecule has 1 amide bonds. The second-order valence-corrected chi connectivity index (χ2v) is 5.60. The number of carbonyl (C=O) groups is 1. The summed E-state index contributed by atoms with van der Waals surface area (Å²) in [5, 5.41) is 6.51. The van der Waals surface area contributed by atoms with Gasteiger partial charge in [0.15, 0.2) is 0 Å². The summed E-state index contributed by atoms with van der Waals surface area (Å²) in [4.78, 5) is 16.1. The monoisotopic (exact) mass is 347 g/mol. The number of halogens is 1. The Morgan fingerprint density at radius 1 is 1.08 bits per heavy atom. The highest BCUT2D eigenvalue weighted by atomic mass is 35.5. The van der Waals surface area contributed by atoms with Crippen LogP contribution in [0.4, 0.5) is 0 Å². The van der Waals surface area contributed by atoms with Crippen LogP contribution >= 0.6 is 12.4 Å². The maximum Gasteiger partial charge on any atom is 0.269 e. The topological polar surface area (TPSA) is 54.0 Å². The molecule has 0 fully saturated rings. The van der Waals surface area contributed by atoms with Crippen molar-refractivity contribution in [1.82, 2.24) is 15.6 Å². The maximum absolute atomic E-state index is 12.0. The highest BCUT2D eigenvalue weighted by Gasteiger charge is 2.10. The number of pyridine rings is 1. The van der Waals surface area contributed by atoms with Gasteiger partial charge in [0.25, 0.3) is 5.91 Å². The Labute approximate surface area is 150 Å². The molecule has 0 radical (unpaired) electrons. The molecule has 0 saturated heterocycles. The van der Waals surface area contributed by atoms with Gasteiger partial charge in [0.2, 0.25) is 0 Å². The fourth-order valence-corrected chi connectivity index (χ4v) is 2.47. The second-order valence-electron chi connectivity index (χ2n) is 5.60. The fourth-order valence-electron chi connectivity index (χ4n) is 2.47. The lowest BCUT2D eigenvalue weighted by Gasteiger charge is -2.19. The number of carbonyl (C=O) groups excluding carboxylic acids is 1. The van der Waals surface area contributed by atoms with Crippen molar-refractivity contribution in [3.05, 3.63) is 66.0 Å². The molecule has 4 nitrogen and oxygen atoms in total. The highest BCUT2D eigenvalue weighted by Crippen LogP contribution is 2.06. The van der Waals surface area contributed by atoms with Crippen molar-refractivity contribution in [2.45, 2.75) is 32.2 Å². The van der Waals surface area contributed by atoms with Crippen LogP contribution in [0.15, 0.2) is 54.7 Å². The summed E-state index contributed by atoms with van der Waals surface area (Å²) in [6.07, 6.45) is 4.61. The number of aromatic nitrogens is 1. The summed E-state index contributed by atoms with van der Waals surface area (Å²) in [6.45, 7) is 3.80. The largest absolute Gasteiger partial charge is 0.351 e. The number of nitrogens with zero attached hydrogens (tertiary/aromatic N) is 1. The van der Waals surface area contributed by atoms with Gasteiger partial charge in [0.05, 0.1) is 0 Å². The second kappa shape index (κ2) is 11.6. The molecule has 0 aliphatic heterocycles. The third-order valence-electron chi connectivity index (χ3n) is 3.68. The van der Waals surface area contributed by atoms with E-state index in [1.54, 1.807) is 18.3 Å². The average Bonchev–Trinajstić information content (AvgIpc) is 2.61. The van der Waals surface area contributed by atoms with Crippen molar-refractivity contribution in [1.29, 1.82) is 0 Å². The van der Waals surface area contributed by atoms with Crippen molar-refractivity contribution in [2.24, 2.45) is 0 Å². The van der Waals surface area contributed by atoms with Gasteiger partial charge in [-0.1, -0.05) is 43.3 Å². The van der Waals surface area contributed by atoms with E-state index in [-0.39, 0.29) is 18.3 Å². The van der Waals surface area contributed by atoms with Crippen molar-refractivity contribution < 1.29 is 4.79 Å². The first-order chi connectivity index (χ1) is 11.3. The first kappa shape index (κ1) is 20.1. The van der Waals surface area contributed by atoms with Crippen LogP contribution in [-0.2, 0) is 6.42 Å². The SMILES string of the molecule is CCCN[C@H](CCNC(=O)c1ccccn1)Cc1ccccc1.Cl. The molecule has 1 aromatic heterocycles. The standard InChI is InChI=1S/C19H25N3O.ClH/c1-2-12-20-17(15-16-8-4-3-5-9-16)11-14-22-19(23)18-10-6-7-13-21-18;/h3-10,13,17,20H,2,11-12,14-15H2,1H3,(H,22,23);1H/t17-;/m1./s1. The molecule has 0 unspecified atom stereocenters. The number of hydrogen-bond acceptors (Lipinski definition) is 3. The molecule has 0 bridgehead atoms. The first-order valence-corrected chi connectivity index (χ1v) is 8.26. The molecule has 24 heavy (non-hydrogen) atoms. The molecule has 2 N–H and O–H groups in total. The van der Waals surface area contributed by atoms with Gasteiger partial charge in [-0.05, 0) is 43.5 Å². The zero-order chi connectivity index (χ0) is 16.3. The Balaban J connectivity index is 0.00000288. The van der Waals surface area contributed by atoms with Gasteiger partial charge in [0, 0.05) is 18.8 Å². The molecular weight excluding hydrogens is 322 g/mol. The van der Waals surface area contributed by atoms with Crippen molar-refractivity contribution >= 4 is 18.3 Å². The number of hydrogen-bond donors (Lipinski definition) is 2. The number of rotatable bonds is 9. The predicted molar refractivity (Wildman–Crippen MR) is 101 cm³/mol. The number of amides is 1. The van der Waals surface area contributed by atoms with Gasteiger partial charge in [-0.15, -0.1) is 12.4 Å². The van der Waals surface area contributed by atoms with Crippen molar-refractivity contribution in [3.8, 4) is 0 Å². The lowest BCUT2D eigenvalue weighted by Crippen LogP contribution is -2.36. The highest BCUT2D eigenvalue weighted by molar-refractivity contribution is 5.92. The first-order valence-electron chi connectivity index (χ1n) is 8.26. The normalized spacial score (nSPS) is 11.4. The van der Waals surface area contributed by atoms with E-state index in [2.05, 4.69) is 46.8 Å². The predicted octanol–water partition coefficient (Wildman–Crippen LogP) is 3.23. The molecule has 2 aromatic rings. The molecule has 0 aliphatic rings. The van der Waals surface area contributed by atoms with E-state index in [0.717, 1.165) is 25.8 Å². The zero-order valence-corrected chi connectivity index (χ0v) is 14.9. The number of benzene rings is 1. The summed E-state index contributed by atoms with van der Waals surface area (Å²) in [7, 11) is 0. The lowest BCUT2D eigenvalue weighted by atomic mass is 10.0. The summed E-state index contributed by atoms with van der Waals surface area (Å²) in [5.41, 5.74) is 1.78. The fraction of sp³-hybridized carbons (Fsp3) is 0.368. The van der Waals surface area contributed by atoms with E-state index in [1.165, 1.54) is 5.56 Å². The van der Waals surface area contributed by atoms with E-state index in [0.29, 0.717) is 18.3 Å². The van der Waals surface area contributed by atoms with Gasteiger partial charge in [-0.3, -0.25) is 9.78 Å². The number of nitrogens with one attached hydrogen (secondary N) is 2. The Morgan fingerprint density at radius 2 is 1.83 bits per heavy atom. The summed E-state index contributed by atoms with van der Waals surface area (Å²) in [6, 6.07) is 16.2. The minimum absolute atomic E-state index is 0. The molecule has 0 saturated carbocycles. The van der Waals surface area contributed by atoms with E-state index in [1.807, 2.05) is 12.1 Å². The quantitative estimate of drug-likeness (QED) is 0.732. The van der Waals surface area contributed by atoms with Crippen molar-refractivity contribution in [2.75, 3.05) is 13.1 Å². The average molecular weight is 348 g/mol. The van der Waals surface area contributed by atoms with Gasteiger partial charge >= 0.3 is 0 Å². The molecule has 5 heteroatoms. The third kappa shape index (κ3) is 7.11. The molecule has 1 aromatic carbocycles. The molecule has 1 heterocycles. The van der Waals surface area contributed by atoms with Crippen LogP contribution < -0.4 is 10.6 Å². The van der Waals surface area contributed by atoms with Crippen LogP contribution in [0.2, 0.25) is 0 Å². The maximum atomic E-state index is 12.0. The van der Waals surface area contributed by atoms with E-state index >= 15 is 0 Å². The van der Waals surface area contributed by atoms with Gasteiger partial charge in [-0.25, -0.2) is 0 Å². The smallest absolute Gasteiger partial charge is 0.269 e. The van der Waals surface area contributed by atoms with Gasteiger partial charge < -0.3 is 10.6 Å². The van der Waals surface area contributed by atoms with Crippen LogP contribution in [0.3, 0.4) is 0 Å². The Bertz CT molecular complexity index is 578. The third-order valence-corrected chi connectivity index (χ3v) is 3.68. The van der Waals surface area contributed by atoms with Gasteiger partial charge in [0.1, 0.15) is 5.69 Å². The van der Waals surface area contributed by atoms with E-state index < -0.39 is 0 Å². The van der Waals surface area contributed by atoms with Crippen molar-refractivity contribution in [3.63, 3.8) is 0 Å². The van der Waals surface area contributed by atoms with Crippen LogP contribution in [0.25, 0.3) is 0 Å². The van der Waals surface area contributed by atoms with Crippen LogP contribution in [0, 0.1) is 0 Å².